The van der Waals surface area contributed by atoms with Crippen LogP contribution >= 0.6 is 0 Å². The molecule has 0 fully saturated rings. The average molecular weight is 369 g/mol. The molecule has 2 aromatic rings. The molecule has 9 heteroatoms. The van der Waals surface area contributed by atoms with Crippen molar-refractivity contribution in [3.05, 3.63) is 46.6 Å². The predicted molar refractivity (Wildman–Crippen MR) is 89.2 cm³/mol. The molecule has 0 saturated carbocycles. The molecule has 25 heavy (non-hydrogen) atoms. The maximum absolute atomic E-state index is 13.2. The molecular formula is C16H14F3N3O2S. The number of aliphatic imine (C=N–C) groups is 1. The number of rotatable bonds is 3. The molecule has 1 aliphatic rings. The number of nitrogens with one attached hydrogen (secondary N) is 1. The fourth-order valence-electron chi connectivity index (χ4n) is 2.71. The highest BCUT2D eigenvalue weighted by Crippen LogP contribution is 2.38. The third-order valence-electron chi connectivity index (χ3n) is 3.74. The lowest BCUT2D eigenvalue weighted by Gasteiger charge is -2.15. The highest BCUT2D eigenvalue weighted by Gasteiger charge is 2.33. The van der Waals surface area contributed by atoms with Crippen LogP contribution in [-0.2, 0) is 22.7 Å². The zero-order valence-electron chi connectivity index (χ0n) is 13.3. The number of alkyl halides is 3. The molecule has 3 rings (SSSR count). The Kier molecular flexibility index (Phi) is 4.06. The van der Waals surface area contributed by atoms with Crippen molar-refractivity contribution < 1.29 is 21.6 Å². The van der Waals surface area contributed by atoms with Gasteiger partial charge < -0.3 is 0 Å². The van der Waals surface area contributed by atoms with Gasteiger partial charge in [-0.25, -0.2) is 13.4 Å². The topological polar surface area (TPSA) is 71.4 Å². The minimum atomic E-state index is -4.47. The van der Waals surface area contributed by atoms with Crippen molar-refractivity contribution in [2.24, 2.45) is 4.99 Å². The summed E-state index contributed by atoms with van der Waals surface area (Å²) in [5, 5.41) is 0. The van der Waals surface area contributed by atoms with Gasteiger partial charge in [0.1, 0.15) is 5.82 Å². The molecule has 0 aliphatic carbocycles. The predicted octanol–water partition coefficient (Wildman–Crippen LogP) is 3.38. The van der Waals surface area contributed by atoms with Gasteiger partial charge in [0.25, 0.3) is 0 Å². The molecule has 1 N–H and O–H groups in total. The first-order valence-electron chi connectivity index (χ1n) is 7.24. The second kappa shape index (κ2) is 5.83. The maximum atomic E-state index is 13.2. The SMILES string of the molecule is Cc1nc(NS(C)(=O)=O)ccc1-c1cc(C(F)(F)F)cc2c1C=NC2. The highest BCUT2D eigenvalue weighted by molar-refractivity contribution is 7.92. The number of fused-ring (bicyclic) bond motifs is 1. The summed E-state index contributed by atoms with van der Waals surface area (Å²) >= 11 is 0. The molecule has 2 heterocycles. The first kappa shape index (κ1) is 17.4. The molecule has 0 atom stereocenters. The summed E-state index contributed by atoms with van der Waals surface area (Å²) in [5.74, 6) is 0.112. The van der Waals surface area contributed by atoms with Gasteiger partial charge in [-0.15, -0.1) is 0 Å². The average Bonchev–Trinajstić information content (AvgIpc) is 2.92. The number of aryl methyl sites for hydroxylation is 1. The molecule has 0 spiro atoms. The quantitative estimate of drug-likeness (QED) is 0.902. The molecule has 0 bridgehead atoms. The van der Waals surface area contributed by atoms with Crippen LogP contribution in [0.4, 0.5) is 19.0 Å². The standard InChI is InChI=1S/C16H14F3N3O2S/c1-9-12(3-4-15(21-9)22-25(2,23)24)13-6-11(16(17,18)19)5-10-7-20-8-14(10)13/h3-6,8H,7H2,1-2H3,(H,21,22). The van der Waals surface area contributed by atoms with Crippen molar-refractivity contribution in [1.82, 2.24) is 4.98 Å². The molecule has 132 valence electrons. The van der Waals surface area contributed by atoms with Crippen LogP contribution in [0, 0.1) is 6.92 Å². The van der Waals surface area contributed by atoms with E-state index >= 15 is 0 Å². The van der Waals surface area contributed by atoms with Crippen molar-refractivity contribution in [2.75, 3.05) is 11.0 Å². The van der Waals surface area contributed by atoms with E-state index in [-0.39, 0.29) is 12.4 Å². The molecule has 0 saturated heterocycles. The molecule has 0 amide bonds. The number of nitrogens with zero attached hydrogens (tertiary/aromatic N) is 2. The third kappa shape index (κ3) is 3.65. The number of anilines is 1. The molecule has 1 aromatic carbocycles. The largest absolute Gasteiger partial charge is 0.416 e. The monoisotopic (exact) mass is 369 g/mol. The van der Waals surface area contributed by atoms with Crippen LogP contribution in [0.15, 0.2) is 29.3 Å². The Morgan fingerprint density at radius 1 is 1.16 bits per heavy atom. The molecule has 0 radical (unpaired) electrons. The van der Waals surface area contributed by atoms with Crippen LogP contribution in [0.5, 0.6) is 0 Å². The number of hydrogen-bond acceptors (Lipinski definition) is 4. The van der Waals surface area contributed by atoms with Crippen molar-refractivity contribution in [2.45, 2.75) is 19.6 Å². The van der Waals surface area contributed by atoms with Gasteiger partial charge in [-0.3, -0.25) is 9.71 Å². The van der Waals surface area contributed by atoms with Crippen molar-refractivity contribution in [3.8, 4) is 11.1 Å². The van der Waals surface area contributed by atoms with E-state index in [1.165, 1.54) is 6.07 Å². The molecule has 5 nitrogen and oxygen atoms in total. The highest BCUT2D eigenvalue weighted by atomic mass is 32.2. The van der Waals surface area contributed by atoms with Crippen LogP contribution in [0.3, 0.4) is 0 Å². The van der Waals surface area contributed by atoms with E-state index in [2.05, 4.69) is 14.7 Å². The summed E-state index contributed by atoms with van der Waals surface area (Å²) in [4.78, 5) is 8.19. The number of hydrogen-bond donors (Lipinski definition) is 1. The second-order valence-corrected chi connectivity index (χ2v) is 7.52. The van der Waals surface area contributed by atoms with Gasteiger partial charge in [-0.05, 0) is 42.3 Å². The maximum Gasteiger partial charge on any atom is 0.416 e. The summed E-state index contributed by atoms with van der Waals surface area (Å²) in [6.07, 6.45) is -1.92. The smallest absolute Gasteiger partial charge is 0.288 e. The van der Waals surface area contributed by atoms with Gasteiger partial charge in [0.05, 0.1) is 18.4 Å². The molecule has 1 aliphatic heterocycles. The summed E-state index contributed by atoms with van der Waals surface area (Å²) in [6, 6.07) is 5.15. The normalized spacial score (nSPS) is 13.8. The Morgan fingerprint density at radius 3 is 2.48 bits per heavy atom. The van der Waals surface area contributed by atoms with Crippen LogP contribution in [0.2, 0.25) is 0 Å². The Balaban J connectivity index is 2.13. The van der Waals surface area contributed by atoms with Gasteiger partial charge in [-0.2, -0.15) is 13.2 Å². The summed E-state index contributed by atoms with van der Waals surface area (Å²) in [5.41, 5.74) is 1.67. The summed E-state index contributed by atoms with van der Waals surface area (Å²) < 4.78 is 64.3. The van der Waals surface area contributed by atoms with E-state index < -0.39 is 21.8 Å². The first-order chi connectivity index (χ1) is 11.5. The lowest BCUT2D eigenvalue weighted by molar-refractivity contribution is -0.137. The molecular weight excluding hydrogens is 355 g/mol. The first-order valence-corrected chi connectivity index (χ1v) is 9.13. The van der Waals surface area contributed by atoms with E-state index in [0.29, 0.717) is 27.9 Å². The van der Waals surface area contributed by atoms with Gasteiger partial charge in [0, 0.05) is 23.0 Å². The van der Waals surface area contributed by atoms with Crippen LogP contribution in [0.1, 0.15) is 22.4 Å². The Bertz CT molecular complexity index is 983. The summed E-state index contributed by atoms with van der Waals surface area (Å²) in [6.45, 7) is 1.81. The fraction of sp³-hybridized carbons (Fsp3) is 0.250. The van der Waals surface area contributed by atoms with E-state index in [1.807, 2.05) is 0 Å². The van der Waals surface area contributed by atoms with Crippen molar-refractivity contribution in [3.63, 3.8) is 0 Å². The lowest BCUT2D eigenvalue weighted by Crippen LogP contribution is -2.11. The zero-order chi connectivity index (χ0) is 18.4. The lowest BCUT2D eigenvalue weighted by atomic mass is 9.93. The van der Waals surface area contributed by atoms with E-state index in [1.54, 1.807) is 19.2 Å². The second-order valence-electron chi connectivity index (χ2n) is 5.77. The van der Waals surface area contributed by atoms with Gasteiger partial charge in [0.2, 0.25) is 10.0 Å². The third-order valence-corrected chi connectivity index (χ3v) is 4.32. The van der Waals surface area contributed by atoms with E-state index in [0.717, 1.165) is 18.4 Å². The van der Waals surface area contributed by atoms with Gasteiger partial charge in [0.15, 0.2) is 0 Å². The summed E-state index contributed by atoms with van der Waals surface area (Å²) in [7, 11) is -3.49. The van der Waals surface area contributed by atoms with Gasteiger partial charge >= 0.3 is 6.18 Å². The van der Waals surface area contributed by atoms with Crippen molar-refractivity contribution in [1.29, 1.82) is 0 Å². The van der Waals surface area contributed by atoms with E-state index in [4.69, 9.17) is 0 Å². The van der Waals surface area contributed by atoms with Crippen LogP contribution in [0.25, 0.3) is 11.1 Å². The Labute approximate surface area is 142 Å². The number of benzene rings is 1. The van der Waals surface area contributed by atoms with E-state index in [9.17, 15) is 21.6 Å². The number of halogens is 3. The fourth-order valence-corrected chi connectivity index (χ4v) is 3.20. The Hall–Kier alpha value is -2.42. The van der Waals surface area contributed by atoms with Gasteiger partial charge in [-0.1, -0.05) is 0 Å². The van der Waals surface area contributed by atoms with Crippen LogP contribution < -0.4 is 4.72 Å². The number of sulfonamides is 1. The molecule has 1 aromatic heterocycles. The Morgan fingerprint density at radius 2 is 1.88 bits per heavy atom. The number of pyridine rings is 1. The van der Waals surface area contributed by atoms with Crippen molar-refractivity contribution >= 4 is 22.1 Å². The minimum absolute atomic E-state index is 0.112. The number of aromatic nitrogens is 1. The minimum Gasteiger partial charge on any atom is -0.288 e. The molecule has 0 unspecified atom stereocenters. The van der Waals surface area contributed by atoms with Crippen LogP contribution in [-0.4, -0.2) is 25.9 Å². The zero-order valence-corrected chi connectivity index (χ0v) is 14.2.